The second kappa shape index (κ2) is 5.21. The summed E-state index contributed by atoms with van der Waals surface area (Å²) in [4.78, 5) is 5.37. The number of hydrogen-bond acceptors (Lipinski definition) is 3. The summed E-state index contributed by atoms with van der Waals surface area (Å²) in [5, 5.41) is 0.975. The molecule has 1 aromatic heterocycles. The van der Waals surface area contributed by atoms with Gasteiger partial charge in [0.25, 0.3) is 0 Å². The molecule has 1 aliphatic rings. The molecule has 1 unspecified atom stereocenters. The molecule has 18 heavy (non-hydrogen) atoms. The van der Waals surface area contributed by atoms with E-state index in [9.17, 15) is 0 Å². The van der Waals surface area contributed by atoms with Crippen LogP contribution in [-0.2, 0) is 6.42 Å². The van der Waals surface area contributed by atoms with Crippen molar-refractivity contribution in [1.82, 2.24) is 4.98 Å². The monoisotopic (exact) mass is 277 g/mol. The predicted molar refractivity (Wildman–Crippen MR) is 74.5 cm³/mol. The lowest BCUT2D eigenvalue weighted by Gasteiger charge is -2.10. The van der Waals surface area contributed by atoms with E-state index in [1.807, 2.05) is 17.8 Å². The van der Waals surface area contributed by atoms with E-state index in [4.69, 9.17) is 16.3 Å². The molecule has 1 atom stereocenters. The molecule has 0 bridgehead atoms. The van der Waals surface area contributed by atoms with Gasteiger partial charge < -0.3 is 4.74 Å². The molecule has 2 nitrogen and oxygen atoms in total. The number of hydrogen-bond donors (Lipinski definition) is 0. The van der Waals surface area contributed by atoms with Gasteiger partial charge in [-0.25, -0.2) is 4.98 Å². The predicted octanol–water partition coefficient (Wildman–Crippen LogP) is 3.83. The molecule has 0 aliphatic carbocycles. The Morgan fingerprint density at radius 2 is 2.17 bits per heavy atom. The zero-order valence-electron chi connectivity index (χ0n) is 9.67. The molecular formula is C14H12ClNOS. The van der Waals surface area contributed by atoms with Gasteiger partial charge in [0.05, 0.1) is 6.20 Å². The van der Waals surface area contributed by atoms with Crippen LogP contribution in [0.2, 0.25) is 5.15 Å². The minimum Gasteiger partial charge on any atom is -0.491 e. The van der Waals surface area contributed by atoms with Crippen molar-refractivity contribution in [2.24, 2.45) is 0 Å². The van der Waals surface area contributed by atoms with Crippen molar-refractivity contribution in [3.63, 3.8) is 0 Å². The molecular weight excluding hydrogens is 266 g/mol. The van der Waals surface area contributed by atoms with Crippen molar-refractivity contribution in [3.8, 4) is 5.75 Å². The highest BCUT2D eigenvalue weighted by molar-refractivity contribution is 8.00. The van der Waals surface area contributed by atoms with Crippen molar-refractivity contribution in [1.29, 1.82) is 0 Å². The highest BCUT2D eigenvalue weighted by atomic mass is 35.5. The SMILES string of the molecule is Clc1ccc(OCC2Cc3ccccc3S2)cn1. The molecule has 4 heteroatoms. The Kier molecular flexibility index (Phi) is 3.43. The van der Waals surface area contributed by atoms with Gasteiger partial charge >= 0.3 is 0 Å². The maximum atomic E-state index is 5.73. The zero-order valence-corrected chi connectivity index (χ0v) is 11.2. The average Bonchev–Trinajstić information content (AvgIpc) is 2.81. The molecule has 2 heterocycles. The van der Waals surface area contributed by atoms with Gasteiger partial charge in [-0.05, 0) is 30.2 Å². The van der Waals surface area contributed by atoms with Gasteiger partial charge in [-0.1, -0.05) is 29.8 Å². The van der Waals surface area contributed by atoms with Gasteiger partial charge in [0.2, 0.25) is 0 Å². The van der Waals surface area contributed by atoms with Crippen LogP contribution in [0, 0.1) is 0 Å². The van der Waals surface area contributed by atoms with Crippen LogP contribution in [0.3, 0.4) is 0 Å². The quantitative estimate of drug-likeness (QED) is 0.796. The van der Waals surface area contributed by atoms with Crippen LogP contribution in [0.1, 0.15) is 5.56 Å². The van der Waals surface area contributed by atoms with Crippen LogP contribution in [-0.4, -0.2) is 16.8 Å². The van der Waals surface area contributed by atoms with Crippen LogP contribution in [0.4, 0.5) is 0 Å². The minimum absolute atomic E-state index is 0.484. The molecule has 0 N–H and O–H groups in total. The standard InChI is InChI=1S/C14H12ClNOS/c15-14-6-5-11(8-16-14)17-9-12-7-10-3-1-2-4-13(10)18-12/h1-6,8,12H,7,9H2. The molecule has 1 aliphatic heterocycles. The third kappa shape index (κ3) is 2.62. The van der Waals surface area contributed by atoms with Crippen molar-refractivity contribution >= 4 is 23.4 Å². The lowest BCUT2D eigenvalue weighted by molar-refractivity contribution is 0.316. The van der Waals surface area contributed by atoms with E-state index < -0.39 is 0 Å². The Hall–Kier alpha value is -1.19. The first-order valence-electron chi connectivity index (χ1n) is 5.80. The first-order chi connectivity index (χ1) is 8.81. The van der Waals surface area contributed by atoms with Gasteiger partial charge in [-0.15, -0.1) is 11.8 Å². The summed E-state index contributed by atoms with van der Waals surface area (Å²) < 4.78 is 5.73. The fourth-order valence-corrected chi connectivity index (χ4v) is 3.31. The fourth-order valence-electron chi connectivity index (χ4n) is 1.98. The molecule has 0 spiro atoms. The molecule has 92 valence electrons. The molecule has 0 saturated heterocycles. The highest BCUT2D eigenvalue weighted by Gasteiger charge is 2.22. The fraction of sp³-hybridized carbons (Fsp3) is 0.214. The summed E-state index contributed by atoms with van der Waals surface area (Å²) >= 11 is 7.62. The zero-order chi connectivity index (χ0) is 12.4. The maximum Gasteiger partial charge on any atom is 0.137 e. The van der Waals surface area contributed by atoms with E-state index in [2.05, 4.69) is 29.2 Å². The molecule has 0 amide bonds. The van der Waals surface area contributed by atoms with Crippen molar-refractivity contribution in [2.75, 3.05) is 6.61 Å². The summed E-state index contributed by atoms with van der Waals surface area (Å²) in [6.45, 7) is 0.697. The van der Waals surface area contributed by atoms with E-state index >= 15 is 0 Å². The van der Waals surface area contributed by atoms with Crippen molar-refractivity contribution < 1.29 is 4.74 Å². The van der Waals surface area contributed by atoms with Gasteiger partial charge in [-0.3, -0.25) is 0 Å². The minimum atomic E-state index is 0.484. The summed E-state index contributed by atoms with van der Waals surface area (Å²) in [5.74, 6) is 0.774. The molecule has 0 saturated carbocycles. The lowest BCUT2D eigenvalue weighted by Crippen LogP contribution is -2.13. The van der Waals surface area contributed by atoms with Crippen LogP contribution >= 0.6 is 23.4 Å². The largest absolute Gasteiger partial charge is 0.491 e. The van der Waals surface area contributed by atoms with Gasteiger partial charge in [0, 0.05) is 10.1 Å². The topological polar surface area (TPSA) is 22.1 Å². The Bertz CT molecular complexity index is 519. The second-order valence-corrected chi connectivity index (χ2v) is 5.91. The summed E-state index contributed by atoms with van der Waals surface area (Å²) in [7, 11) is 0. The number of ether oxygens (including phenoxy) is 1. The van der Waals surface area contributed by atoms with Crippen molar-refractivity contribution in [2.45, 2.75) is 16.6 Å². The number of pyridine rings is 1. The first kappa shape index (κ1) is 11.9. The Morgan fingerprint density at radius 1 is 1.28 bits per heavy atom. The van der Waals surface area contributed by atoms with E-state index in [-0.39, 0.29) is 0 Å². The Balaban J connectivity index is 1.58. The molecule has 2 aromatic rings. The first-order valence-corrected chi connectivity index (χ1v) is 7.06. The van der Waals surface area contributed by atoms with E-state index in [1.54, 1.807) is 12.3 Å². The third-order valence-electron chi connectivity index (χ3n) is 2.85. The lowest BCUT2D eigenvalue weighted by atomic mass is 10.1. The normalized spacial score (nSPS) is 17.5. The molecule has 0 radical (unpaired) electrons. The number of halogens is 1. The van der Waals surface area contributed by atoms with E-state index in [0.29, 0.717) is 17.0 Å². The van der Waals surface area contributed by atoms with Crippen LogP contribution in [0.15, 0.2) is 47.5 Å². The number of fused-ring (bicyclic) bond motifs is 1. The van der Waals surface area contributed by atoms with Crippen molar-refractivity contribution in [3.05, 3.63) is 53.3 Å². The third-order valence-corrected chi connectivity index (χ3v) is 4.36. The van der Waals surface area contributed by atoms with Crippen LogP contribution in [0.5, 0.6) is 5.75 Å². The average molecular weight is 278 g/mol. The van der Waals surface area contributed by atoms with Gasteiger partial charge in [0.15, 0.2) is 0 Å². The Morgan fingerprint density at radius 3 is 2.94 bits per heavy atom. The van der Waals surface area contributed by atoms with E-state index in [1.165, 1.54) is 10.5 Å². The van der Waals surface area contributed by atoms with Crippen LogP contribution in [0.25, 0.3) is 0 Å². The van der Waals surface area contributed by atoms with Gasteiger partial charge in [0.1, 0.15) is 17.5 Å². The van der Waals surface area contributed by atoms with E-state index in [0.717, 1.165) is 12.2 Å². The summed E-state index contributed by atoms with van der Waals surface area (Å²) in [5.41, 5.74) is 1.42. The number of thioether (sulfide) groups is 1. The van der Waals surface area contributed by atoms with Crippen LogP contribution < -0.4 is 4.74 Å². The van der Waals surface area contributed by atoms with Gasteiger partial charge in [-0.2, -0.15) is 0 Å². The number of aromatic nitrogens is 1. The number of nitrogens with zero attached hydrogens (tertiary/aromatic N) is 1. The number of rotatable bonds is 3. The Labute approximate surface area is 115 Å². The molecule has 1 aromatic carbocycles. The molecule has 3 rings (SSSR count). The smallest absolute Gasteiger partial charge is 0.137 e. The second-order valence-electron chi connectivity index (χ2n) is 4.18. The maximum absolute atomic E-state index is 5.73. The highest BCUT2D eigenvalue weighted by Crippen LogP contribution is 2.36. The number of benzene rings is 1. The molecule has 0 fully saturated rings. The summed E-state index contributed by atoms with van der Waals surface area (Å²) in [6, 6.07) is 12.1. The summed E-state index contributed by atoms with van der Waals surface area (Å²) in [6.07, 6.45) is 2.73.